The molecule has 0 rings (SSSR count). The van der Waals surface area contributed by atoms with E-state index in [0.29, 0.717) is 0 Å². The summed E-state index contributed by atoms with van der Waals surface area (Å²) < 4.78 is 0. The number of hydrogen-bond acceptors (Lipinski definition) is 1. The molecule has 0 radical (unpaired) electrons. The lowest BCUT2D eigenvalue weighted by molar-refractivity contribution is -0.116. The number of amides is 1. The molecule has 0 aromatic rings. The van der Waals surface area contributed by atoms with Crippen LogP contribution in [-0.4, -0.2) is 13.0 Å². The summed E-state index contributed by atoms with van der Waals surface area (Å²) in [4.78, 5) is 10.3. The van der Waals surface area contributed by atoms with Gasteiger partial charge in [0.1, 0.15) is 5.03 Å². The minimum Gasteiger partial charge on any atom is -0.354 e. The summed E-state index contributed by atoms with van der Waals surface area (Å²) in [6, 6.07) is 0. The predicted molar refractivity (Wildman–Crippen MR) is 33.9 cm³/mol. The molecule has 0 atom stereocenters. The molecular formula is C4H5Cl2NO. The number of nitrogens with one attached hydrogen (secondary N) is 1. The summed E-state index contributed by atoms with van der Waals surface area (Å²) in [5.41, 5.74) is 1.01. The Balaban J connectivity index is 3.83. The van der Waals surface area contributed by atoms with E-state index in [9.17, 15) is 4.79 Å². The Morgan fingerprint density at radius 3 is 2.38 bits per heavy atom. The zero-order valence-corrected chi connectivity index (χ0v) is 5.75. The van der Waals surface area contributed by atoms with Crippen LogP contribution in [0.5, 0.6) is 0 Å². The van der Waals surface area contributed by atoms with Crippen LogP contribution in [0.25, 0.3) is 0 Å². The molecule has 2 nitrogen and oxygen atoms in total. The molecule has 0 aromatic carbocycles. The van der Waals surface area contributed by atoms with Gasteiger partial charge in [0.05, 0.1) is 0 Å². The Kier molecular flexibility index (Phi) is 3.65. The smallest absolute Gasteiger partial charge is 0.263 e. The van der Waals surface area contributed by atoms with Crippen molar-refractivity contribution in [3.63, 3.8) is 0 Å². The van der Waals surface area contributed by atoms with Gasteiger partial charge in [0.2, 0.25) is 0 Å². The molecule has 0 aliphatic rings. The van der Waals surface area contributed by atoms with Gasteiger partial charge in [-0.2, -0.15) is 0 Å². The van der Waals surface area contributed by atoms with Crippen LogP contribution < -0.4 is 5.32 Å². The molecule has 8 heavy (non-hydrogen) atoms. The van der Waals surface area contributed by atoms with E-state index in [-0.39, 0.29) is 10.9 Å². The van der Waals surface area contributed by atoms with Gasteiger partial charge in [0.25, 0.3) is 5.91 Å². The molecule has 46 valence electrons. The highest BCUT2D eigenvalue weighted by Gasteiger charge is 1.99. The van der Waals surface area contributed by atoms with Gasteiger partial charge < -0.3 is 5.32 Å². The van der Waals surface area contributed by atoms with Gasteiger partial charge in [-0.05, 0) is 0 Å². The first-order valence-corrected chi connectivity index (χ1v) is 2.71. The number of hydrogen-bond donors (Lipinski definition) is 1. The van der Waals surface area contributed by atoms with Crippen molar-refractivity contribution in [2.24, 2.45) is 0 Å². The van der Waals surface area contributed by atoms with Crippen molar-refractivity contribution >= 4 is 29.1 Å². The first-order chi connectivity index (χ1) is 3.72. The molecule has 0 heterocycles. The van der Waals surface area contributed by atoms with E-state index in [2.05, 4.69) is 5.32 Å². The Labute approximate surface area is 57.5 Å². The maximum Gasteiger partial charge on any atom is 0.263 e. The lowest BCUT2D eigenvalue weighted by Gasteiger charge is -1.91. The van der Waals surface area contributed by atoms with Crippen molar-refractivity contribution in [3.05, 3.63) is 10.6 Å². The molecule has 1 amide bonds. The van der Waals surface area contributed by atoms with Crippen molar-refractivity contribution in [1.82, 2.24) is 5.32 Å². The fourth-order valence-electron chi connectivity index (χ4n) is 0.169. The standard InChI is InChI=1S/C4H5Cl2NO/c1-7-4(8)3(6)2-5/h2H,1H3,(H,7,8). The summed E-state index contributed by atoms with van der Waals surface area (Å²) >= 11 is 10.3. The maximum absolute atomic E-state index is 10.3. The Morgan fingerprint density at radius 2 is 2.25 bits per heavy atom. The molecule has 4 heteroatoms. The molecule has 0 saturated heterocycles. The quantitative estimate of drug-likeness (QED) is 0.562. The third-order valence-electron chi connectivity index (χ3n) is 0.540. The van der Waals surface area contributed by atoms with Gasteiger partial charge in [-0.15, -0.1) is 0 Å². The normalized spacial score (nSPS) is 11.1. The molecule has 0 unspecified atom stereocenters. The summed E-state index contributed by atoms with van der Waals surface area (Å²) in [6.45, 7) is 0. The number of halogens is 2. The molecule has 0 spiro atoms. The molecule has 1 N–H and O–H groups in total. The van der Waals surface area contributed by atoms with Crippen molar-refractivity contribution in [2.45, 2.75) is 0 Å². The summed E-state index contributed by atoms with van der Waals surface area (Å²) in [5.74, 6) is -0.373. The van der Waals surface area contributed by atoms with Crippen LogP contribution in [0.3, 0.4) is 0 Å². The minimum absolute atomic E-state index is 0.00540. The summed E-state index contributed by atoms with van der Waals surface area (Å²) in [6.07, 6.45) is 0. The second kappa shape index (κ2) is 3.75. The first kappa shape index (κ1) is 7.79. The highest BCUT2D eigenvalue weighted by atomic mass is 35.5. The Morgan fingerprint density at radius 1 is 1.75 bits per heavy atom. The molecule has 0 aliphatic carbocycles. The van der Waals surface area contributed by atoms with Gasteiger partial charge in [0, 0.05) is 12.6 Å². The van der Waals surface area contributed by atoms with Crippen LogP contribution >= 0.6 is 23.2 Å². The molecular weight excluding hydrogens is 149 g/mol. The van der Waals surface area contributed by atoms with Crippen LogP contribution in [0.4, 0.5) is 0 Å². The summed E-state index contributed by atoms with van der Waals surface area (Å²) in [7, 11) is 1.48. The SMILES string of the molecule is CNC(=O)C(Cl)=CCl. The highest BCUT2D eigenvalue weighted by molar-refractivity contribution is 6.46. The van der Waals surface area contributed by atoms with E-state index in [1.807, 2.05) is 0 Å². The van der Waals surface area contributed by atoms with Crippen LogP contribution in [0, 0.1) is 0 Å². The molecule has 0 aromatic heterocycles. The van der Waals surface area contributed by atoms with E-state index in [4.69, 9.17) is 23.2 Å². The second-order valence-corrected chi connectivity index (χ2v) is 1.66. The van der Waals surface area contributed by atoms with E-state index in [1.54, 1.807) is 0 Å². The monoisotopic (exact) mass is 153 g/mol. The van der Waals surface area contributed by atoms with Crippen molar-refractivity contribution in [3.8, 4) is 0 Å². The third-order valence-corrected chi connectivity index (χ3v) is 1.15. The van der Waals surface area contributed by atoms with Crippen molar-refractivity contribution in [2.75, 3.05) is 7.05 Å². The average Bonchev–Trinajstić information content (AvgIpc) is 1.84. The highest BCUT2D eigenvalue weighted by Crippen LogP contribution is 2.00. The van der Waals surface area contributed by atoms with Crippen LogP contribution in [0.1, 0.15) is 0 Å². The minimum atomic E-state index is -0.373. The number of likely N-dealkylation sites (N-methyl/N-ethyl adjacent to an activating group) is 1. The van der Waals surface area contributed by atoms with E-state index < -0.39 is 0 Å². The molecule has 0 saturated carbocycles. The molecule has 0 aliphatic heterocycles. The summed E-state index contributed by atoms with van der Waals surface area (Å²) in [5, 5.41) is 2.29. The van der Waals surface area contributed by atoms with E-state index >= 15 is 0 Å². The zero-order chi connectivity index (χ0) is 6.57. The third kappa shape index (κ3) is 2.19. The number of rotatable bonds is 1. The lowest BCUT2D eigenvalue weighted by atomic mass is 10.6. The van der Waals surface area contributed by atoms with E-state index in [1.165, 1.54) is 7.05 Å². The number of carbonyl (C=O) groups excluding carboxylic acids is 1. The van der Waals surface area contributed by atoms with Crippen LogP contribution in [0.2, 0.25) is 0 Å². The predicted octanol–water partition coefficient (Wildman–Crippen LogP) is 1.05. The lowest BCUT2D eigenvalue weighted by Crippen LogP contribution is -2.16. The average molecular weight is 154 g/mol. The van der Waals surface area contributed by atoms with Crippen LogP contribution in [-0.2, 0) is 4.79 Å². The zero-order valence-electron chi connectivity index (χ0n) is 4.24. The van der Waals surface area contributed by atoms with Crippen molar-refractivity contribution < 1.29 is 4.79 Å². The van der Waals surface area contributed by atoms with E-state index in [0.717, 1.165) is 5.54 Å². The second-order valence-electron chi connectivity index (χ2n) is 1.04. The Bertz CT molecular complexity index is 121. The Hall–Kier alpha value is -0.210. The number of carbonyl (C=O) groups is 1. The van der Waals surface area contributed by atoms with Gasteiger partial charge in [-0.1, -0.05) is 23.2 Å². The van der Waals surface area contributed by atoms with Gasteiger partial charge in [-0.3, -0.25) is 4.79 Å². The first-order valence-electron chi connectivity index (χ1n) is 1.90. The van der Waals surface area contributed by atoms with Gasteiger partial charge in [0.15, 0.2) is 0 Å². The largest absolute Gasteiger partial charge is 0.354 e. The van der Waals surface area contributed by atoms with Crippen LogP contribution in [0.15, 0.2) is 10.6 Å². The molecule has 0 fully saturated rings. The fourth-order valence-corrected chi connectivity index (χ4v) is 0.363. The topological polar surface area (TPSA) is 29.1 Å². The van der Waals surface area contributed by atoms with Gasteiger partial charge >= 0.3 is 0 Å². The van der Waals surface area contributed by atoms with Crippen molar-refractivity contribution in [1.29, 1.82) is 0 Å². The molecule has 0 bridgehead atoms. The van der Waals surface area contributed by atoms with Gasteiger partial charge in [-0.25, -0.2) is 0 Å². The maximum atomic E-state index is 10.3. The fraction of sp³-hybridized carbons (Fsp3) is 0.250.